The van der Waals surface area contributed by atoms with Crippen molar-refractivity contribution in [2.45, 2.75) is 64.1 Å². The number of nitrogens with zero attached hydrogens (tertiary/aromatic N) is 3. The van der Waals surface area contributed by atoms with Crippen molar-refractivity contribution in [1.82, 2.24) is 4.90 Å². The van der Waals surface area contributed by atoms with Crippen LogP contribution in [0, 0.1) is 5.92 Å². The van der Waals surface area contributed by atoms with Crippen molar-refractivity contribution in [2.75, 3.05) is 29.5 Å². The van der Waals surface area contributed by atoms with Gasteiger partial charge in [-0.2, -0.15) is 0 Å². The van der Waals surface area contributed by atoms with E-state index in [0.29, 0.717) is 30.8 Å². The topological polar surface area (TPSA) is 101 Å². The van der Waals surface area contributed by atoms with Crippen LogP contribution in [0.4, 0.5) is 11.4 Å². The number of amides is 3. The summed E-state index contributed by atoms with van der Waals surface area (Å²) in [7, 11) is 0. The maximum absolute atomic E-state index is 13.9. The van der Waals surface area contributed by atoms with Crippen LogP contribution in [0.25, 0.3) is 0 Å². The average Bonchev–Trinajstić information content (AvgIpc) is 3.26. The molecule has 0 aliphatic carbocycles. The van der Waals surface area contributed by atoms with Gasteiger partial charge in [-0.25, -0.2) is 0 Å². The van der Waals surface area contributed by atoms with Crippen molar-refractivity contribution in [3.05, 3.63) is 108 Å². The van der Waals surface area contributed by atoms with Crippen molar-refractivity contribution >= 4 is 29.1 Å². The Hall–Kier alpha value is -4.27. The smallest absolute Gasteiger partial charge is 0.264 e. The number of para-hydroxylation sites is 1. The summed E-state index contributed by atoms with van der Waals surface area (Å²) in [6.07, 6.45) is 8.21. The first-order valence-corrected chi connectivity index (χ1v) is 15.9. The molecule has 0 spiro atoms. The highest BCUT2D eigenvalue weighted by atomic mass is 16.3. The number of aliphatic hydroxyl groups excluding tert-OH is 1. The van der Waals surface area contributed by atoms with Gasteiger partial charge in [-0.05, 0) is 42.2 Å². The van der Waals surface area contributed by atoms with Gasteiger partial charge in [0.2, 0.25) is 11.8 Å². The molecular formula is C37H43N3O5. The quantitative estimate of drug-likeness (QED) is 0.287. The Balaban J connectivity index is 1.28. The lowest BCUT2D eigenvalue weighted by atomic mass is 9.83. The van der Waals surface area contributed by atoms with Crippen molar-refractivity contribution in [3.8, 4) is 0 Å². The van der Waals surface area contributed by atoms with Gasteiger partial charge in [-0.15, -0.1) is 0 Å². The molecule has 0 bridgehead atoms. The zero-order valence-electron chi connectivity index (χ0n) is 26.0. The molecule has 3 aromatic carbocycles. The van der Waals surface area contributed by atoms with E-state index in [-0.39, 0.29) is 37.9 Å². The van der Waals surface area contributed by atoms with Gasteiger partial charge < -0.3 is 24.9 Å². The van der Waals surface area contributed by atoms with Crippen molar-refractivity contribution in [3.63, 3.8) is 0 Å². The van der Waals surface area contributed by atoms with E-state index >= 15 is 0 Å². The van der Waals surface area contributed by atoms with Crippen molar-refractivity contribution in [1.29, 1.82) is 0 Å². The fourth-order valence-electron chi connectivity index (χ4n) is 6.31. The van der Waals surface area contributed by atoms with E-state index in [9.17, 15) is 24.6 Å². The Labute approximate surface area is 265 Å². The van der Waals surface area contributed by atoms with E-state index in [0.717, 1.165) is 42.5 Å². The highest BCUT2D eigenvalue weighted by molar-refractivity contribution is 6.07. The van der Waals surface area contributed by atoms with E-state index in [1.807, 2.05) is 77.7 Å². The zero-order valence-corrected chi connectivity index (χ0v) is 26.0. The van der Waals surface area contributed by atoms with Gasteiger partial charge in [0.25, 0.3) is 5.91 Å². The van der Waals surface area contributed by atoms with Gasteiger partial charge in [0.15, 0.2) is 5.60 Å². The van der Waals surface area contributed by atoms with Crippen LogP contribution in [0.3, 0.4) is 0 Å². The lowest BCUT2D eigenvalue weighted by Gasteiger charge is -2.28. The van der Waals surface area contributed by atoms with Gasteiger partial charge in [0, 0.05) is 49.6 Å². The molecule has 2 atom stereocenters. The molecule has 5 rings (SSSR count). The molecule has 2 heterocycles. The second kappa shape index (κ2) is 14.7. The van der Waals surface area contributed by atoms with Gasteiger partial charge in [-0.3, -0.25) is 14.4 Å². The summed E-state index contributed by atoms with van der Waals surface area (Å²) in [5, 5.41) is 21.5. The fourth-order valence-corrected chi connectivity index (χ4v) is 6.31. The number of rotatable bonds is 11. The Bertz CT molecular complexity index is 1510. The first-order chi connectivity index (χ1) is 21.8. The monoisotopic (exact) mass is 609 g/mol. The molecule has 8 heteroatoms. The van der Waals surface area contributed by atoms with E-state index in [1.165, 1.54) is 0 Å². The number of fused-ring (bicyclic) bond motifs is 1. The number of carbonyl (C=O) groups excluding carboxylic acids is 3. The molecule has 2 N–H and O–H groups in total. The Morgan fingerprint density at radius 1 is 0.933 bits per heavy atom. The fraction of sp³-hybridized carbons (Fsp3) is 0.378. The number of carbonyl (C=O) groups is 3. The van der Waals surface area contributed by atoms with Gasteiger partial charge in [0.1, 0.15) is 0 Å². The largest absolute Gasteiger partial charge is 0.395 e. The van der Waals surface area contributed by atoms with Crippen molar-refractivity contribution < 1.29 is 24.6 Å². The summed E-state index contributed by atoms with van der Waals surface area (Å²) in [5.74, 6) is -1.02. The minimum atomic E-state index is -1.79. The number of benzene rings is 3. The normalized spacial score (nSPS) is 19.4. The van der Waals surface area contributed by atoms with Crippen LogP contribution in [0.15, 0.2) is 91.0 Å². The predicted molar refractivity (Wildman–Crippen MR) is 175 cm³/mol. The van der Waals surface area contributed by atoms with Gasteiger partial charge in [0.05, 0.1) is 18.8 Å². The summed E-state index contributed by atoms with van der Waals surface area (Å²) in [6, 6.07) is 24.7. The minimum Gasteiger partial charge on any atom is -0.395 e. The first kappa shape index (κ1) is 32.1. The molecular weight excluding hydrogens is 566 g/mol. The highest BCUT2D eigenvalue weighted by Crippen LogP contribution is 2.45. The molecule has 0 radical (unpaired) electrons. The van der Waals surface area contributed by atoms with E-state index in [4.69, 9.17) is 0 Å². The lowest BCUT2D eigenvalue weighted by Crippen LogP contribution is -2.44. The molecule has 45 heavy (non-hydrogen) atoms. The summed E-state index contributed by atoms with van der Waals surface area (Å²) in [5.41, 5.74) is 2.13. The molecule has 0 aromatic heterocycles. The number of hydrogen-bond acceptors (Lipinski definition) is 5. The number of hydrogen-bond donors (Lipinski definition) is 2. The summed E-state index contributed by atoms with van der Waals surface area (Å²) < 4.78 is 0. The number of anilines is 2. The number of aliphatic hydroxyl groups is 2. The molecule has 1 fully saturated rings. The third kappa shape index (κ3) is 7.18. The summed E-state index contributed by atoms with van der Waals surface area (Å²) in [6.45, 7) is 3.24. The molecule has 8 nitrogen and oxygen atoms in total. The average molecular weight is 610 g/mol. The van der Waals surface area contributed by atoms with E-state index in [2.05, 4.69) is 0 Å². The molecule has 3 aromatic rings. The van der Waals surface area contributed by atoms with Crippen LogP contribution in [0.5, 0.6) is 0 Å². The second-order valence-electron chi connectivity index (χ2n) is 12.0. The van der Waals surface area contributed by atoms with E-state index in [1.54, 1.807) is 34.9 Å². The molecule has 0 saturated carbocycles. The molecule has 3 amide bonds. The molecule has 1 saturated heterocycles. The van der Waals surface area contributed by atoms with Crippen molar-refractivity contribution in [2.24, 2.45) is 5.92 Å². The van der Waals surface area contributed by atoms with Gasteiger partial charge >= 0.3 is 0 Å². The molecule has 2 aliphatic heterocycles. The lowest BCUT2D eigenvalue weighted by molar-refractivity contribution is -0.139. The standard InChI is InChI=1S/C37H43N3O5/c1-28(12-11-18-34(42)38(24-25-41)26-29-13-5-4-6-14-29)37(45)32-15-8-9-16-33(32)40(36(37)44)27-30-19-21-31(22-20-30)39-23-10-3-2-7-17-35(39)43/h4-6,8-9,11-16,19-22,28,41,45H,2-3,7,10,17-18,23-27H2,1H3/b12-11+/t28-,37+/m1/s1. The highest BCUT2D eigenvalue weighted by Gasteiger charge is 2.52. The molecule has 0 unspecified atom stereocenters. The van der Waals surface area contributed by atoms with E-state index < -0.39 is 17.4 Å². The molecule has 236 valence electrons. The maximum Gasteiger partial charge on any atom is 0.264 e. The Morgan fingerprint density at radius 2 is 1.64 bits per heavy atom. The Kier molecular flexibility index (Phi) is 10.5. The first-order valence-electron chi connectivity index (χ1n) is 15.9. The van der Waals surface area contributed by atoms with Crippen LogP contribution >= 0.6 is 0 Å². The van der Waals surface area contributed by atoms with Gasteiger partial charge in [-0.1, -0.05) is 92.6 Å². The zero-order chi connectivity index (χ0) is 31.8. The summed E-state index contributed by atoms with van der Waals surface area (Å²) >= 11 is 0. The second-order valence-corrected chi connectivity index (χ2v) is 12.0. The predicted octanol–water partition coefficient (Wildman–Crippen LogP) is 5.32. The van der Waals surface area contributed by atoms with Crippen LogP contribution in [0.2, 0.25) is 0 Å². The SMILES string of the molecule is C[C@H](/C=C/CC(=O)N(CCO)Cc1ccccc1)[C@@]1(O)C(=O)N(Cc2ccc(N3CCCCCCC3=O)cc2)c2ccccc21. The third-order valence-corrected chi connectivity index (χ3v) is 8.90. The minimum absolute atomic E-state index is 0.0820. The van der Waals surface area contributed by atoms with Crippen LogP contribution < -0.4 is 9.80 Å². The maximum atomic E-state index is 13.9. The Morgan fingerprint density at radius 3 is 2.40 bits per heavy atom. The molecule has 2 aliphatic rings. The van der Waals surface area contributed by atoms with Crippen LogP contribution in [0.1, 0.15) is 62.1 Å². The van der Waals surface area contributed by atoms with Crippen LogP contribution in [-0.4, -0.2) is 52.5 Å². The van der Waals surface area contributed by atoms with Crippen LogP contribution in [-0.2, 0) is 33.1 Å². The third-order valence-electron chi connectivity index (χ3n) is 8.90. The summed E-state index contributed by atoms with van der Waals surface area (Å²) in [4.78, 5) is 44.7.